The maximum atomic E-state index is 14.6. The average molecular weight is 551 g/mol. The summed E-state index contributed by atoms with van der Waals surface area (Å²) in [6, 6.07) is 13.0. The van der Waals surface area contributed by atoms with E-state index in [9.17, 15) is 4.39 Å². The number of aromatic amines is 2. The summed E-state index contributed by atoms with van der Waals surface area (Å²) in [5.74, 6) is 0.0916. The third kappa shape index (κ3) is 5.59. The normalized spacial score (nSPS) is 11.7. The number of anilines is 1. The van der Waals surface area contributed by atoms with Gasteiger partial charge in [-0.1, -0.05) is 0 Å². The summed E-state index contributed by atoms with van der Waals surface area (Å²) in [6.07, 6.45) is 7.16. The van der Waals surface area contributed by atoms with Gasteiger partial charge in [-0.2, -0.15) is 5.10 Å². The molecule has 0 saturated heterocycles. The predicted octanol–water partition coefficient (Wildman–Crippen LogP) is 6.13. The van der Waals surface area contributed by atoms with Crippen LogP contribution in [-0.2, 0) is 0 Å². The van der Waals surface area contributed by atoms with E-state index in [2.05, 4.69) is 61.4 Å². The standard InChI is InChI=1S/C31H31FN8O/c1-18(2)36-23-10-20(15-33-17-23)21-12-26-30(38-39-31(26)35-16-21)28-14-25-27(37-28)5-6-34-29(25)19-9-22(32)13-24(11-19)41-8-7-40(3)4/h5-6,9-18,36-37H,7-8H2,1-4H3,(H,35,38,39). The van der Waals surface area contributed by atoms with Crippen molar-refractivity contribution in [1.82, 2.24) is 35.0 Å². The number of ether oxygens (including phenoxy) is 1. The maximum absolute atomic E-state index is 14.6. The minimum absolute atomic E-state index is 0.295. The number of halogens is 1. The Balaban J connectivity index is 1.37. The lowest BCUT2D eigenvalue weighted by molar-refractivity contribution is 0.260. The van der Waals surface area contributed by atoms with Gasteiger partial charge in [-0.15, -0.1) is 0 Å². The first-order valence-corrected chi connectivity index (χ1v) is 13.5. The average Bonchev–Trinajstić information content (AvgIpc) is 3.56. The fourth-order valence-corrected chi connectivity index (χ4v) is 4.82. The predicted molar refractivity (Wildman–Crippen MR) is 160 cm³/mol. The fraction of sp³-hybridized carbons (Fsp3) is 0.226. The molecule has 0 aliphatic heterocycles. The van der Waals surface area contributed by atoms with E-state index in [0.717, 1.165) is 51.0 Å². The van der Waals surface area contributed by atoms with Crippen LogP contribution in [0.15, 0.2) is 67.3 Å². The van der Waals surface area contributed by atoms with Crippen LogP contribution >= 0.6 is 0 Å². The second-order valence-corrected chi connectivity index (χ2v) is 10.6. The molecule has 9 nitrogen and oxygen atoms in total. The molecule has 0 bridgehead atoms. The number of benzene rings is 1. The molecule has 5 aromatic heterocycles. The number of H-pyrrole nitrogens is 2. The van der Waals surface area contributed by atoms with E-state index in [4.69, 9.17) is 4.74 Å². The van der Waals surface area contributed by atoms with Crippen molar-refractivity contribution in [3.05, 3.63) is 73.1 Å². The van der Waals surface area contributed by atoms with Crippen LogP contribution in [0, 0.1) is 5.82 Å². The Kier molecular flexibility index (Phi) is 7.07. The summed E-state index contributed by atoms with van der Waals surface area (Å²) >= 11 is 0. The van der Waals surface area contributed by atoms with Gasteiger partial charge in [-0.05, 0) is 64.3 Å². The van der Waals surface area contributed by atoms with Gasteiger partial charge in [-0.25, -0.2) is 9.37 Å². The highest BCUT2D eigenvalue weighted by Gasteiger charge is 2.16. The number of fused-ring (bicyclic) bond motifs is 2. The van der Waals surface area contributed by atoms with Crippen molar-refractivity contribution < 1.29 is 9.13 Å². The van der Waals surface area contributed by atoms with Crippen molar-refractivity contribution in [3.63, 3.8) is 0 Å². The van der Waals surface area contributed by atoms with Crippen molar-refractivity contribution in [2.75, 3.05) is 32.6 Å². The van der Waals surface area contributed by atoms with E-state index in [1.807, 2.05) is 49.6 Å². The van der Waals surface area contributed by atoms with Gasteiger partial charge < -0.3 is 19.9 Å². The van der Waals surface area contributed by atoms with Gasteiger partial charge >= 0.3 is 0 Å². The molecule has 1 aromatic carbocycles. The van der Waals surface area contributed by atoms with Gasteiger partial charge in [0.15, 0.2) is 5.65 Å². The van der Waals surface area contributed by atoms with Gasteiger partial charge in [0, 0.05) is 76.4 Å². The Morgan fingerprint density at radius 1 is 0.951 bits per heavy atom. The summed E-state index contributed by atoms with van der Waals surface area (Å²) < 4.78 is 20.4. The van der Waals surface area contributed by atoms with E-state index in [-0.39, 0.29) is 5.82 Å². The van der Waals surface area contributed by atoms with Crippen LogP contribution in [0.5, 0.6) is 5.75 Å². The lowest BCUT2D eigenvalue weighted by atomic mass is 10.1. The number of hydrogen-bond donors (Lipinski definition) is 3. The Labute approximate surface area is 236 Å². The van der Waals surface area contributed by atoms with E-state index < -0.39 is 0 Å². The van der Waals surface area contributed by atoms with Crippen LogP contribution in [-0.4, -0.2) is 68.3 Å². The smallest absolute Gasteiger partial charge is 0.181 e. The number of aromatic nitrogens is 6. The highest BCUT2D eigenvalue weighted by molar-refractivity contribution is 6.00. The van der Waals surface area contributed by atoms with Gasteiger partial charge in [-0.3, -0.25) is 15.1 Å². The molecule has 6 aromatic rings. The SMILES string of the molecule is CC(C)Nc1cncc(-c2cnc3n[nH]c(-c4cc5c(-c6cc(F)cc(OCCN(C)C)c6)nccc5[nH]4)c3c2)c1. The second-order valence-electron chi connectivity index (χ2n) is 10.6. The van der Waals surface area contributed by atoms with Crippen molar-refractivity contribution in [2.24, 2.45) is 0 Å². The fourth-order valence-electron chi connectivity index (χ4n) is 4.82. The molecule has 41 heavy (non-hydrogen) atoms. The summed E-state index contributed by atoms with van der Waals surface area (Å²) in [4.78, 5) is 19.1. The lowest BCUT2D eigenvalue weighted by Gasteiger charge is -2.12. The first-order chi connectivity index (χ1) is 19.8. The van der Waals surface area contributed by atoms with Crippen molar-refractivity contribution in [2.45, 2.75) is 19.9 Å². The number of likely N-dealkylation sites (N-methyl/N-ethyl adjacent to an activating group) is 1. The summed E-state index contributed by atoms with van der Waals surface area (Å²) in [5, 5.41) is 12.7. The summed E-state index contributed by atoms with van der Waals surface area (Å²) in [5.41, 5.74) is 7.23. The summed E-state index contributed by atoms with van der Waals surface area (Å²) in [7, 11) is 3.93. The molecule has 0 atom stereocenters. The van der Waals surface area contributed by atoms with E-state index in [0.29, 0.717) is 35.3 Å². The Morgan fingerprint density at radius 3 is 2.63 bits per heavy atom. The third-order valence-corrected chi connectivity index (χ3v) is 6.71. The largest absolute Gasteiger partial charge is 0.492 e. The molecule has 0 saturated carbocycles. The third-order valence-electron chi connectivity index (χ3n) is 6.71. The van der Waals surface area contributed by atoms with Crippen LogP contribution < -0.4 is 10.1 Å². The quantitative estimate of drug-likeness (QED) is 0.199. The Morgan fingerprint density at radius 2 is 1.80 bits per heavy atom. The van der Waals surface area contributed by atoms with Gasteiger partial charge in [0.05, 0.1) is 22.8 Å². The second kappa shape index (κ2) is 11.0. The molecule has 0 fully saturated rings. The number of rotatable bonds is 9. The number of nitrogens with zero attached hydrogens (tertiary/aromatic N) is 5. The van der Waals surface area contributed by atoms with Crippen molar-refractivity contribution in [1.29, 1.82) is 0 Å². The molecule has 208 valence electrons. The molecule has 0 aliphatic carbocycles. The minimum Gasteiger partial charge on any atom is -0.492 e. The molecule has 0 amide bonds. The molecular weight excluding hydrogens is 519 g/mol. The molecule has 0 unspecified atom stereocenters. The molecule has 5 heterocycles. The minimum atomic E-state index is -0.378. The molecule has 0 spiro atoms. The molecule has 10 heteroatoms. The first-order valence-electron chi connectivity index (χ1n) is 13.5. The van der Waals surface area contributed by atoms with Crippen molar-refractivity contribution >= 4 is 27.6 Å². The van der Waals surface area contributed by atoms with Crippen molar-refractivity contribution in [3.8, 4) is 39.5 Å². The molecule has 6 rings (SSSR count). The molecule has 0 radical (unpaired) electrons. The van der Waals surface area contributed by atoms with Gasteiger partial charge in [0.2, 0.25) is 0 Å². The lowest BCUT2D eigenvalue weighted by Crippen LogP contribution is -2.19. The van der Waals surface area contributed by atoms with E-state index in [1.165, 1.54) is 12.1 Å². The number of pyridine rings is 3. The topological polar surface area (TPSA) is 108 Å². The van der Waals surface area contributed by atoms with Crippen LogP contribution in [0.3, 0.4) is 0 Å². The zero-order valence-corrected chi connectivity index (χ0v) is 23.4. The zero-order valence-electron chi connectivity index (χ0n) is 23.4. The number of nitrogens with one attached hydrogen (secondary N) is 3. The van der Waals surface area contributed by atoms with E-state index >= 15 is 0 Å². The van der Waals surface area contributed by atoms with Gasteiger partial charge in [0.25, 0.3) is 0 Å². The molecule has 0 aliphatic rings. The summed E-state index contributed by atoms with van der Waals surface area (Å²) in [6.45, 7) is 5.37. The van der Waals surface area contributed by atoms with Gasteiger partial charge in [0.1, 0.15) is 18.2 Å². The van der Waals surface area contributed by atoms with E-state index in [1.54, 1.807) is 12.4 Å². The molecular formula is C31H31FN8O. The first kappa shape index (κ1) is 26.4. The van der Waals surface area contributed by atoms with Crippen LogP contribution in [0.4, 0.5) is 10.1 Å². The highest BCUT2D eigenvalue weighted by Crippen LogP contribution is 2.35. The zero-order chi connectivity index (χ0) is 28.5. The monoisotopic (exact) mass is 550 g/mol. The Bertz CT molecular complexity index is 1840. The number of hydrogen-bond acceptors (Lipinski definition) is 7. The van der Waals surface area contributed by atoms with Crippen LogP contribution in [0.2, 0.25) is 0 Å². The van der Waals surface area contributed by atoms with Crippen LogP contribution in [0.1, 0.15) is 13.8 Å². The Hall–Kier alpha value is -4.83. The highest BCUT2D eigenvalue weighted by atomic mass is 19.1. The maximum Gasteiger partial charge on any atom is 0.181 e. The van der Waals surface area contributed by atoms with Crippen LogP contribution in [0.25, 0.3) is 55.7 Å². The molecule has 3 N–H and O–H groups in total.